The van der Waals surface area contributed by atoms with Crippen LogP contribution in [0.1, 0.15) is 5.56 Å². The Labute approximate surface area is 152 Å². The first-order chi connectivity index (χ1) is 12.8. The number of allylic oxidation sites excluding steroid dienone is 4. The van der Waals surface area contributed by atoms with Gasteiger partial charge in [-0.25, -0.2) is 4.90 Å². The highest BCUT2D eigenvalue weighted by atomic mass is 16.2. The Morgan fingerprint density at radius 1 is 0.731 bits per heavy atom. The summed E-state index contributed by atoms with van der Waals surface area (Å²) in [6.45, 7) is 0. The molecule has 0 saturated heterocycles. The number of benzene rings is 2. The number of para-hydroxylation sites is 1. The van der Waals surface area contributed by atoms with Crippen molar-refractivity contribution in [2.75, 3.05) is 4.90 Å². The van der Waals surface area contributed by atoms with Crippen LogP contribution >= 0.6 is 0 Å². The van der Waals surface area contributed by atoms with Crippen molar-refractivity contribution in [3.8, 4) is 11.8 Å². The quantitative estimate of drug-likeness (QED) is 0.620. The second kappa shape index (κ2) is 6.70. The molecular weight excluding hydrogens is 322 g/mol. The number of hydrogen-bond donors (Lipinski definition) is 0. The molecule has 1 aliphatic heterocycles. The number of nitrogens with zero attached hydrogens (tertiary/aromatic N) is 1. The summed E-state index contributed by atoms with van der Waals surface area (Å²) in [4.78, 5) is 27.3. The number of rotatable bonds is 2. The molecule has 124 valence electrons. The topological polar surface area (TPSA) is 37.4 Å². The number of anilines is 1. The smallest absolute Gasteiger partial charge is 0.268 e. The van der Waals surface area contributed by atoms with E-state index in [4.69, 9.17) is 0 Å². The van der Waals surface area contributed by atoms with Crippen molar-refractivity contribution in [1.29, 1.82) is 0 Å². The minimum atomic E-state index is -0.367. The molecule has 4 rings (SSSR count). The van der Waals surface area contributed by atoms with Gasteiger partial charge in [0.05, 0.1) is 5.69 Å². The lowest BCUT2D eigenvalue weighted by Gasteiger charge is -2.15. The molecule has 0 radical (unpaired) electrons. The summed E-state index contributed by atoms with van der Waals surface area (Å²) in [7, 11) is 0. The van der Waals surface area contributed by atoms with E-state index in [0.717, 1.165) is 5.56 Å². The van der Waals surface area contributed by atoms with E-state index in [1.807, 2.05) is 60.7 Å². The second-order valence-corrected chi connectivity index (χ2v) is 5.98. The van der Waals surface area contributed by atoms with Gasteiger partial charge in [-0.15, -0.1) is 0 Å². The molecule has 26 heavy (non-hydrogen) atoms. The van der Waals surface area contributed by atoms with Crippen molar-refractivity contribution in [2.45, 2.75) is 0 Å². The highest BCUT2D eigenvalue weighted by molar-refractivity contribution is 6.34. The molecule has 0 fully saturated rings. The van der Waals surface area contributed by atoms with Gasteiger partial charge in [0.15, 0.2) is 0 Å². The highest BCUT2D eigenvalue weighted by Crippen LogP contribution is 2.33. The first-order valence-corrected chi connectivity index (χ1v) is 8.36. The maximum absolute atomic E-state index is 13.0. The summed E-state index contributed by atoms with van der Waals surface area (Å²) in [6.07, 6.45) is 7.56. The third-order valence-corrected chi connectivity index (χ3v) is 4.32. The van der Waals surface area contributed by atoms with Crippen LogP contribution in [-0.2, 0) is 9.59 Å². The van der Waals surface area contributed by atoms with Gasteiger partial charge in [-0.1, -0.05) is 72.5 Å². The standard InChI is InChI=1S/C23H15NO2/c25-22-20(16-15-17-9-3-1-4-10-17)21(18-11-7-8-12-18)23(26)24(22)19-13-5-2-6-14-19/h1-14,18H. The molecule has 0 atom stereocenters. The molecule has 0 bridgehead atoms. The largest absolute Gasteiger partial charge is 0.274 e. The van der Waals surface area contributed by atoms with Gasteiger partial charge in [0.25, 0.3) is 11.8 Å². The summed E-state index contributed by atoms with van der Waals surface area (Å²) < 4.78 is 0. The molecule has 3 heteroatoms. The maximum Gasteiger partial charge on any atom is 0.274 e. The molecule has 2 aromatic carbocycles. The van der Waals surface area contributed by atoms with Crippen molar-refractivity contribution in [3.63, 3.8) is 0 Å². The summed E-state index contributed by atoms with van der Waals surface area (Å²) in [6, 6.07) is 18.4. The summed E-state index contributed by atoms with van der Waals surface area (Å²) in [5.74, 6) is 5.07. The van der Waals surface area contributed by atoms with E-state index >= 15 is 0 Å². The highest BCUT2D eigenvalue weighted by Gasteiger charge is 2.41. The molecule has 2 amide bonds. The third-order valence-electron chi connectivity index (χ3n) is 4.32. The normalized spacial score (nSPS) is 16.4. The molecule has 3 nitrogen and oxygen atoms in total. The fraction of sp³-hybridized carbons (Fsp3) is 0.0435. The molecule has 0 spiro atoms. The first kappa shape index (κ1) is 15.9. The van der Waals surface area contributed by atoms with E-state index in [2.05, 4.69) is 11.8 Å². The monoisotopic (exact) mass is 337 g/mol. The summed E-state index contributed by atoms with van der Waals surface area (Å²) in [5.41, 5.74) is 2.06. The molecule has 1 heterocycles. The molecule has 0 saturated carbocycles. The van der Waals surface area contributed by atoms with E-state index in [1.165, 1.54) is 4.90 Å². The van der Waals surface area contributed by atoms with Crippen LogP contribution in [0, 0.1) is 17.8 Å². The Balaban J connectivity index is 1.80. The number of hydrogen-bond acceptors (Lipinski definition) is 2. The fourth-order valence-electron chi connectivity index (χ4n) is 3.07. The van der Waals surface area contributed by atoms with Crippen LogP contribution in [0.25, 0.3) is 0 Å². The Morgan fingerprint density at radius 3 is 2.00 bits per heavy atom. The number of carbonyl (C=O) groups is 2. The van der Waals surface area contributed by atoms with Gasteiger partial charge in [-0.3, -0.25) is 9.59 Å². The van der Waals surface area contributed by atoms with Gasteiger partial charge in [0.2, 0.25) is 0 Å². The van der Waals surface area contributed by atoms with E-state index in [9.17, 15) is 9.59 Å². The summed E-state index contributed by atoms with van der Waals surface area (Å²) in [5, 5.41) is 0. The van der Waals surface area contributed by atoms with Crippen LogP contribution in [0.2, 0.25) is 0 Å². The van der Waals surface area contributed by atoms with Crippen molar-refractivity contribution < 1.29 is 9.59 Å². The predicted octanol–water partition coefficient (Wildman–Crippen LogP) is 3.65. The minimum absolute atomic E-state index is 0.222. The van der Waals surface area contributed by atoms with Crippen molar-refractivity contribution in [2.24, 2.45) is 5.92 Å². The van der Waals surface area contributed by atoms with Crippen LogP contribution in [0.3, 0.4) is 0 Å². The molecule has 2 aromatic rings. The van der Waals surface area contributed by atoms with Crippen LogP contribution in [0.15, 0.2) is 96.1 Å². The predicted molar refractivity (Wildman–Crippen MR) is 101 cm³/mol. The van der Waals surface area contributed by atoms with Gasteiger partial charge in [0.1, 0.15) is 5.57 Å². The van der Waals surface area contributed by atoms with E-state index in [-0.39, 0.29) is 23.3 Å². The van der Waals surface area contributed by atoms with Gasteiger partial charge >= 0.3 is 0 Å². The Morgan fingerprint density at radius 2 is 1.35 bits per heavy atom. The summed E-state index contributed by atoms with van der Waals surface area (Å²) >= 11 is 0. The first-order valence-electron chi connectivity index (χ1n) is 8.36. The molecular formula is C23H15NO2. The molecule has 1 aliphatic carbocycles. The van der Waals surface area contributed by atoms with Gasteiger partial charge in [0, 0.05) is 17.1 Å². The molecule has 0 unspecified atom stereocenters. The van der Waals surface area contributed by atoms with E-state index in [0.29, 0.717) is 11.3 Å². The zero-order chi connectivity index (χ0) is 17.9. The second-order valence-electron chi connectivity index (χ2n) is 5.98. The number of amides is 2. The molecule has 0 N–H and O–H groups in total. The third kappa shape index (κ3) is 2.78. The SMILES string of the molecule is O=C1C(C#Cc2ccccc2)=C(C2C=CC=C2)C(=O)N1c1ccccc1. The van der Waals surface area contributed by atoms with E-state index < -0.39 is 0 Å². The van der Waals surface area contributed by atoms with Crippen LogP contribution in [0.5, 0.6) is 0 Å². The maximum atomic E-state index is 13.0. The van der Waals surface area contributed by atoms with Gasteiger partial charge in [-0.2, -0.15) is 0 Å². The average molecular weight is 337 g/mol. The lowest BCUT2D eigenvalue weighted by Crippen LogP contribution is -2.32. The van der Waals surface area contributed by atoms with Crippen molar-refractivity contribution >= 4 is 17.5 Å². The Kier molecular flexibility index (Phi) is 4.09. The van der Waals surface area contributed by atoms with Crippen molar-refractivity contribution in [3.05, 3.63) is 102 Å². The van der Waals surface area contributed by atoms with E-state index in [1.54, 1.807) is 24.3 Å². The molecule has 2 aliphatic rings. The minimum Gasteiger partial charge on any atom is -0.268 e. The van der Waals surface area contributed by atoms with Crippen molar-refractivity contribution in [1.82, 2.24) is 0 Å². The fourth-order valence-corrected chi connectivity index (χ4v) is 3.07. The number of carbonyl (C=O) groups excluding carboxylic acids is 2. The zero-order valence-corrected chi connectivity index (χ0v) is 13.9. The van der Waals surface area contributed by atoms with Crippen LogP contribution in [0.4, 0.5) is 5.69 Å². The van der Waals surface area contributed by atoms with Crippen LogP contribution in [-0.4, -0.2) is 11.8 Å². The van der Waals surface area contributed by atoms with Crippen LogP contribution < -0.4 is 4.90 Å². The lowest BCUT2D eigenvalue weighted by atomic mass is 9.96. The lowest BCUT2D eigenvalue weighted by molar-refractivity contribution is -0.120. The average Bonchev–Trinajstić information content (AvgIpc) is 3.28. The Bertz CT molecular complexity index is 1010. The van der Waals surface area contributed by atoms with Gasteiger partial charge < -0.3 is 0 Å². The zero-order valence-electron chi connectivity index (χ0n) is 13.9. The van der Waals surface area contributed by atoms with Gasteiger partial charge in [-0.05, 0) is 24.3 Å². The number of imide groups is 1. The molecule has 0 aromatic heterocycles. The Hall–Kier alpha value is -3.64.